The summed E-state index contributed by atoms with van der Waals surface area (Å²) in [6, 6.07) is 15.8. The second kappa shape index (κ2) is 18.9. The van der Waals surface area contributed by atoms with Crippen LogP contribution in [0, 0.1) is 0 Å². The number of fused-ring (bicyclic) bond motifs is 11. The highest BCUT2D eigenvalue weighted by Gasteiger charge is 2.51. The van der Waals surface area contributed by atoms with Crippen molar-refractivity contribution in [3.63, 3.8) is 0 Å². The molecule has 2 aliphatic rings. The van der Waals surface area contributed by atoms with Gasteiger partial charge in [-0.3, -0.25) is 0 Å². The molecule has 0 radical (unpaired) electrons. The number of hydrogen-bond donors (Lipinski definition) is 1. The van der Waals surface area contributed by atoms with Crippen LogP contribution in [0.4, 0.5) is 39.5 Å². The zero-order valence-electron chi connectivity index (χ0n) is 42.2. The molecule has 0 saturated carbocycles. The highest BCUT2D eigenvalue weighted by Crippen LogP contribution is 2.60. The van der Waals surface area contributed by atoms with Crippen LogP contribution in [-0.4, -0.2) is 43.5 Å². The number of alkyl halides is 9. The number of hydrogen-bond acceptors (Lipinski definition) is 4. The minimum Gasteiger partial charge on any atom is -0.507 e. The number of benzene rings is 4. The van der Waals surface area contributed by atoms with Crippen LogP contribution in [0.1, 0.15) is 188 Å². The number of phenolic OH excluding ortho intramolecular Hbond substituents is 1. The molecule has 0 unspecified atom stereocenters. The van der Waals surface area contributed by atoms with Crippen LogP contribution >= 0.6 is 0 Å². The third-order valence-corrected chi connectivity index (χ3v) is 13.4. The zero-order chi connectivity index (χ0) is 51.5. The van der Waals surface area contributed by atoms with E-state index < -0.39 is 64.9 Å². The first-order chi connectivity index (χ1) is 31.5. The molecule has 0 aromatic heterocycles. The molecule has 0 aliphatic heterocycles. The molecule has 2 aliphatic carbocycles. The molecular formula is C56H69F9O4. The van der Waals surface area contributed by atoms with E-state index in [1.165, 1.54) is 0 Å². The summed E-state index contributed by atoms with van der Waals surface area (Å²) < 4.78 is 144. The summed E-state index contributed by atoms with van der Waals surface area (Å²) in [4.78, 5) is 0. The van der Waals surface area contributed by atoms with Crippen molar-refractivity contribution in [2.75, 3.05) is 19.8 Å². The Balaban J connectivity index is 1.85. The average molecular weight is 977 g/mol. The van der Waals surface area contributed by atoms with Crippen molar-refractivity contribution in [1.29, 1.82) is 0 Å². The maximum absolute atomic E-state index is 13.8. The SMILES string of the molecule is CC(C)(C)c1cc2c(O)c(c1)Cc1cc(C(C)(C)C)cc(c1OCCCC(F)(F)F)C1(Cc3cc(C(C)(C)C)cc1c3OCCCC(F)(F)F)c1cc(C(C)(C)C)cc(c1OCCCC(F)(F)F)C2. The molecule has 1 N–H and O–H groups in total. The van der Waals surface area contributed by atoms with Gasteiger partial charge in [0.2, 0.25) is 0 Å². The molecule has 8 bridgehead atoms. The first-order valence-electron chi connectivity index (χ1n) is 24.0. The lowest BCUT2D eigenvalue weighted by molar-refractivity contribution is -0.137. The van der Waals surface area contributed by atoms with E-state index in [-0.39, 0.29) is 75.6 Å². The van der Waals surface area contributed by atoms with E-state index in [1.54, 1.807) is 0 Å². The number of ether oxygens (including phenoxy) is 3. The third-order valence-electron chi connectivity index (χ3n) is 13.4. The number of phenols is 1. The molecule has 0 atom stereocenters. The van der Waals surface area contributed by atoms with Gasteiger partial charge in [-0.05, 0) is 97.4 Å². The molecule has 69 heavy (non-hydrogen) atoms. The van der Waals surface area contributed by atoms with Crippen LogP contribution in [0.15, 0.2) is 48.5 Å². The predicted molar refractivity (Wildman–Crippen MR) is 254 cm³/mol. The van der Waals surface area contributed by atoms with Gasteiger partial charge in [-0.15, -0.1) is 0 Å². The van der Waals surface area contributed by atoms with Crippen molar-refractivity contribution in [2.24, 2.45) is 0 Å². The number of rotatable bonds is 12. The lowest BCUT2D eigenvalue weighted by Gasteiger charge is -2.39. The predicted octanol–water partition coefficient (Wildman–Crippen LogP) is 16.1. The fraction of sp³-hybridized carbons (Fsp3) is 0.571. The normalized spacial score (nSPS) is 15.3. The molecule has 380 valence electrons. The minimum atomic E-state index is -4.46. The summed E-state index contributed by atoms with van der Waals surface area (Å²) in [5.74, 6) is 0.876. The zero-order valence-corrected chi connectivity index (χ0v) is 42.2. The molecule has 4 aromatic carbocycles. The molecule has 0 fully saturated rings. The van der Waals surface area contributed by atoms with Crippen molar-refractivity contribution in [3.8, 4) is 23.0 Å². The highest BCUT2D eigenvalue weighted by molar-refractivity contribution is 5.73. The molecule has 1 spiro atoms. The second-order valence-corrected chi connectivity index (χ2v) is 23.3. The van der Waals surface area contributed by atoms with Gasteiger partial charge in [0.25, 0.3) is 0 Å². The molecule has 13 heteroatoms. The Bertz CT molecular complexity index is 2390. The smallest absolute Gasteiger partial charge is 0.389 e. The van der Waals surface area contributed by atoms with E-state index in [9.17, 15) is 44.6 Å². The molecule has 4 aromatic rings. The monoisotopic (exact) mass is 977 g/mol. The van der Waals surface area contributed by atoms with Gasteiger partial charge in [-0.2, -0.15) is 39.5 Å². The van der Waals surface area contributed by atoms with Crippen LogP contribution in [0.3, 0.4) is 0 Å². The van der Waals surface area contributed by atoms with Gasteiger partial charge < -0.3 is 19.3 Å². The lowest BCUT2D eigenvalue weighted by atomic mass is 9.65. The Kier molecular flexibility index (Phi) is 14.7. The highest BCUT2D eigenvalue weighted by atomic mass is 19.4. The van der Waals surface area contributed by atoms with Gasteiger partial charge in [0.15, 0.2) is 0 Å². The van der Waals surface area contributed by atoms with Crippen LogP contribution in [0.5, 0.6) is 23.0 Å². The maximum atomic E-state index is 13.8. The first-order valence-corrected chi connectivity index (χ1v) is 24.0. The number of halogens is 9. The molecule has 0 heterocycles. The Labute approximate surface area is 402 Å². The van der Waals surface area contributed by atoms with Crippen molar-refractivity contribution >= 4 is 0 Å². The topological polar surface area (TPSA) is 47.9 Å². The lowest BCUT2D eigenvalue weighted by Crippen LogP contribution is -2.33. The maximum Gasteiger partial charge on any atom is 0.389 e. The second-order valence-electron chi connectivity index (χ2n) is 23.3. The van der Waals surface area contributed by atoms with Crippen molar-refractivity contribution in [1.82, 2.24) is 0 Å². The first kappa shape index (κ1) is 53.8. The summed E-state index contributed by atoms with van der Waals surface area (Å²) in [7, 11) is 0. The summed E-state index contributed by atoms with van der Waals surface area (Å²) in [5, 5.41) is 12.4. The van der Waals surface area contributed by atoms with Gasteiger partial charge in [0, 0.05) is 48.8 Å². The number of aromatic hydroxyl groups is 1. The van der Waals surface area contributed by atoms with Crippen molar-refractivity contribution in [3.05, 3.63) is 115 Å². The van der Waals surface area contributed by atoms with Crippen LogP contribution in [0.2, 0.25) is 0 Å². The fourth-order valence-electron chi connectivity index (χ4n) is 9.44. The Morgan fingerprint density at radius 1 is 0.406 bits per heavy atom. The molecule has 0 amide bonds. The van der Waals surface area contributed by atoms with Gasteiger partial charge >= 0.3 is 18.5 Å². The van der Waals surface area contributed by atoms with Gasteiger partial charge in [-0.1, -0.05) is 132 Å². The summed E-state index contributed by atoms with van der Waals surface area (Å²) >= 11 is 0. The van der Waals surface area contributed by atoms with Gasteiger partial charge in [0.05, 0.1) is 25.2 Å². The molecule has 0 saturated heterocycles. The van der Waals surface area contributed by atoms with E-state index in [4.69, 9.17) is 14.2 Å². The van der Waals surface area contributed by atoms with E-state index in [1.807, 2.05) is 132 Å². The van der Waals surface area contributed by atoms with Crippen LogP contribution in [0.25, 0.3) is 0 Å². The standard InChI is InChI=1S/C56H69F9O4/c1-49(2,3)38-24-33-22-35-26-39(50(4,5)6)29-42(46(35)67-19-13-16-54(57,58)59)53(32-37-28-41(52(10,11)12)31-44(53)48(37)69-21-15-18-56(63,64)65)43-30-40(51(7,8)9)27-36(23-34(25-38)45(33)66)47(43)68-20-14-17-55(60,61)62/h24-31,66H,13-23,32H2,1-12H3. The molecule has 6 rings (SSSR count). The summed E-state index contributed by atoms with van der Waals surface area (Å²) in [6.07, 6.45) is -17.4. The summed E-state index contributed by atoms with van der Waals surface area (Å²) in [6.45, 7) is 23.4. The van der Waals surface area contributed by atoms with Crippen molar-refractivity contribution in [2.45, 2.75) is 186 Å². The molecule has 4 nitrogen and oxygen atoms in total. The third kappa shape index (κ3) is 12.5. The van der Waals surface area contributed by atoms with Gasteiger partial charge in [-0.25, -0.2) is 0 Å². The summed E-state index contributed by atoms with van der Waals surface area (Å²) in [5.41, 5.74) is 4.56. The van der Waals surface area contributed by atoms with E-state index in [0.29, 0.717) is 50.3 Å². The van der Waals surface area contributed by atoms with Gasteiger partial charge in [0.1, 0.15) is 23.0 Å². The fourth-order valence-corrected chi connectivity index (χ4v) is 9.44. The van der Waals surface area contributed by atoms with E-state index in [2.05, 4.69) is 0 Å². The van der Waals surface area contributed by atoms with E-state index in [0.717, 1.165) is 22.3 Å². The van der Waals surface area contributed by atoms with Crippen LogP contribution in [-0.2, 0) is 46.3 Å². The quantitative estimate of drug-likeness (QED) is 0.114. The van der Waals surface area contributed by atoms with Crippen molar-refractivity contribution < 1.29 is 58.8 Å². The average Bonchev–Trinajstić information content (AvgIpc) is 3.35. The molecular weight excluding hydrogens is 908 g/mol. The Morgan fingerprint density at radius 2 is 0.667 bits per heavy atom. The Hall–Kier alpha value is -4.55. The minimum absolute atomic E-state index is 0.00774. The largest absolute Gasteiger partial charge is 0.507 e. The Morgan fingerprint density at radius 3 is 0.957 bits per heavy atom. The van der Waals surface area contributed by atoms with Crippen LogP contribution < -0.4 is 14.2 Å². The van der Waals surface area contributed by atoms with E-state index >= 15 is 0 Å².